The lowest BCUT2D eigenvalue weighted by Gasteiger charge is -2.24. The smallest absolute Gasteiger partial charge is 0.274 e. The summed E-state index contributed by atoms with van der Waals surface area (Å²) in [6.45, 7) is 6.35. The maximum atomic E-state index is 13.2. The van der Waals surface area contributed by atoms with Crippen molar-refractivity contribution in [2.45, 2.75) is 51.0 Å². The SMILES string of the molecule is CC1CCN(c2cccc(C(=O)Nc3cc4cnn(C5CCNCC5)c4cc3C3CC3)n2)C1. The summed E-state index contributed by atoms with van der Waals surface area (Å²) in [6, 6.07) is 10.6. The number of carbonyl (C=O) groups excluding carboxylic acids is 1. The minimum absolute atomic E-state index is 0.143. The summed E-state index contributed by atoms with van der Waals surface area (Å²) in [6.07, 6.45) is 7.68. The molecule has 2 aromatic heterocycles. The van der Waals surface area contributed by atoms with Crippen LogP contribution in [-0.4, -0.2) is 46.9 Å². The van der Waals surface area contributed by atoms with Gasteiger partial charge in [-0.25, -0.2) is 4.98 Å². The number of hydrogen-bond donors (Lipinski definition) is 2. The number of fused-ring (bicyclic) bond motifs is 1. The Morgan fingerprint density at radius 2 is 1.97 bits per heavy atom. The number of anilines is 2. The Kier molecular flexibility index (Phi) is 5.29. The van der Waals surface area contributed by atoms with E-state index in [4.69, 9.17) is 10.1 Å². The quantitative estimate of drug-likeness (QED) is 0.613. The van der Waals surface area contributed by atoms with Gasteiger partial charge in [-0.3, -0.25) is 9.48 Å². The highest BCUT2D eigenvalue weighted by Crippen LogP contribution is 2.45. The van der Waals surface area contributed by atoms with E-state index in [1.807, 2.05) is 24.4 Å². The summed E-state index contributed by atoms with van der Waals surface area (Å²) in [5, 5.41) is 12.4. The van der Waals surface area contributed by atoms with E-state index < -0.39 is 0 Å². The third kappa shape index (κ3) is 4.10. The summed E-state index contributed by atoms with van der Waals surface area (Å²) in [7, 11) is 0. The van der Waals surface area contributed by atoms with E-state index in [2.05, 4.69) is 39.3 Å². The Labute approximate surface area is 194 Å². The highest BCUT2D eigenvalue weighted by molar-refractivity contribution is 6.04. The first-order valence-corrected chi connectivity index (χ1v) is 12.4. The first kappa shape index (κ1) is 20.7. The van der Waals surface area contributed by atoms with Crippen LogP contribution in [0.2, 0.25) is 0 Å². The van der Waals surface area contributed by atoms with Crippen LogP contribution in [0, 0.1) is 5.92 Å². The van der Waals surface area contributed by atoms with Crippen molar-refractivity contribution in [1.29, 1.82) is 0 Å². The molecule has 1 atom stereocenters. The Hall–Kier alpha value is -2.93. The van der Waals surface area contributed by atoms with Gasteiger partial charge < -0.3 is 15.5 Å². The average Bonchev–Trinajstić information content (AvgIpc) is 3.47. The van der Waals surface area contributed by atoms with Crippen LogP contribution < -0.4 is 15.5 Å². The van der Waals surface area contributed by atoms with E-state index in [0.29, 0.717) is 23.6 Å². The molecule has 0 bridgehead atoms. The monoisotopic (exact) mass is 444 g/mol. The van der Waals surface area contributed by atoms with Crippen LogP contribution in [0.15, 0.2) is 36.5 Å². The Morgan fingerprint density at radius 1 is 1.12 bits per heavy atom. The van der Waals surface area contributed by atoms with Crippen LogP contribution >= 0.6 is 0 Å². The molecule has 33 heavy (non-hydrogen) atoms. The standard InChI is InChI=1S/C26H32N6O/c1-17-9-12-31(16-17)25-4-2-3-22(29-25)26(33)30-23-13-19-15-28-32(20-7-10-27-11-8-20)24(19)14-21(23)18-5-6-18/h2-4,13-15,17-18,20,27H,5-12,16H2,1H3,(H,30,33). The number of nitrogens with one attached hydrogen (secondary N) is 2. The van der Waals surface area contributed by atoms with Crippen LogP contribution in [0.4, 0.5) is 11.5 Å². The zero-order valence-corrected chi connectivity index (χ0v) is 19.3. The summed E-state index contributed by atoms with van der Waals surface area (Å²) in [5.74, 6) is 1.94. The van der Waals surface area contributed by atoms with Crippen LogP contribution in [0.25, 0.3) is 10.9 Å². The van der Waals surface area contributed by atoms with Gasteiger partial charge in [-0.15, -0.1) is 0 Å². The highest BCUT2D eigenvalue weighted by atomic mass is 16.1. The third-order valence-electron chi connectivity index (χ3n) is 7.40. The lowest BCUT2D eigenvalue weighted by molar-refractivity contribution is 0.102. The molecule has 1 aromatic carbocycles. The van der Waals surface area contributed by atoms with Crippen LogP contribution in [0.1, 0.15) is 67.0 Å². The highest BCUT2D eigenvalue weighted by Gasteiger charge is 2.29. The first-order valence-electron chi connectivity index (χ1n) is 12.4. The number of rotatable bonds is 5. The molecule has 1 unspecified atom stereocenters. The van der Waals surface area contributed by atoms with Gasteiger partial charge in [-0.05, 0) is 86.9 Å². The van der Waals surface area contributed by atoms with E-state index in [0.717, 1.165) is 55.9 Å². The van der Waals surface area contributed by atoms with Crippen molar-refractivity contribution in [3.63, 3.8) is 0 Å². The normalized spacial score (nSPS) is 21.6. The van der Waals surface area contributed by atoms with Crippen LogP contribution in [0.3, 0.4) is 0 Å². The van der Waals surface area contributed by atoms with Gasteiger partial charge in [0.05, 0.1) is 17.8 Å². The molecule has 1 aliphatic carbocycles. The fourth-order valence-electron chi connectivity index (χ4n) is 5.35. The maximum absolute atomic E-state index is 13.2. The predicted molar refractivity (Wildman–Crippen MR) is 131 cm³/mol. The number of piperidine rings is 1. The number of carbonyl (C=O) groups is 1. The van der Waals surface area contributed by atoms with E-state index in [-0.39, 0.29) is 5.91 Å². The summed E-state index contributed by atoms with van der Waals surface area (Å²) in [5.41, 5.74) is 3.79. The number of hydrogen-bond acceptors (Lipinski definition) is 5. The van der Waals surface area contributed by atoms with Gasteiger partial charge in [-0.2, -0.15) is 5.10 Å². The van der Waals surface area contributed by atoms with Gasteiger partial charge in [0.2, 0.25) is 0 Å². The van der Waals surface area contributed by atoms with Crippen LogP contribution in [0.5, 0.6) is 0 Å². The molecule has 3 aliphatic rings. The molecule has 0 radical (unpaired) electrons. The Balaban J connectivity index is 1.28. The molecule has 3 aromatic rings. The van der Waals surface area contributed by atoms with Gasteiger partial charge in [0.15, 0.2) is 0 Å². The molecule has 1 saturated carbocycles. The van der Waals surface area contributed by atoms with Gasteiger partial charge in [0.1, 0.15) is 11.5 Å². The zero-order valence-electron chi connectivity index (χ0n) is 19.3. The molecule has 4 heterocycles. The van der Waals surface area contributed by atoms with Crippen molar-refractivity contribution in [3.8, 4) is 0 Å². The average molecular weight is 445 g/mol. The predicted octanol–water partition coefficient (Wildman–Crippen LogP) is 4.33. The first-order chi connectivity index (χ1) is 16.2. The number of pyridine rings is 1. The molecule has 2 N–H and O–H groups in total. The van der Waals surface area contributed by atoms with Gasteiger partial charge in [-0.1, -0.05) is 13.0 Å². The van der Waals surface area contributed by atoms with Crippen molar-refractivity contribution >= 4 is 28.3 Å². The fourth-order valence-corrected chi connectivity index (χ4v) is 5.35. The summed E-state index contributed by atoms with van der Waals surface area (Å²) in [4.78, 5) is 20.2. The van der Waals surface area contributed by atoms with E-state index >= 15 is 0 Å². The maximum Gasteiger partial charge on any atom is 0.274 e. The molecular weight excluding hydrogens is 412 g/mol. The zero-order chi connectivity index (χ0) is 22.4. The molecule has 172 valence electrons. The molecule has 3 fully saturated rings. The second-order valence-electron chi connectivity index (χ2n) is 10.0. The van der Waals surface area contributed by atoms with Crippen molar-refractivity contribution < 1.29 is 4.79 Å². The van der Waals surface area contributed by atoms with Gasteiger partial charge in [0, 0.05) is 24.2 Å². The van der Waals surface area contributed by atoms with Crippen molar-refractivity contribution in [2.24, 2.45) is 5.92 Å². The van der Waals surface area contributed by atoms with Crippen molar-refractivity contribution in [2.75, 3.05) is 36.4 Å². The molecule has 6 rings (SSSR count). The largest absolute Gasteiger partial charge is 0.356 e. The lowest BCUT2D eigenvalue weighted by Crippen LogP contribution is -2.29. The number of nitrogens with zero attached hydrogens (tertiary/aromatic N) is 4. The molecule has 1 amide bonds. The molecule has 7 heteroatoms. The second kappa shape index (κ2) is 8.45. The second-order valence-corrected chi connectivity index (χ2v) is 10.0. The van der Waals surface area contributed by atoms with E-state index in [1.165, 1.54) is 30.3 Å². The third-order valence-corrected chi connectivity index (χ3v) is 7.40. The number of aromatic nitrogens is 3. The number of amides is 1. The summed E-state index contributed by atoms with van der Waals surface area (Å²) >= 11 is 0. The molecule has 0 spiro atoms. The molecule has 2 aliphatic heterocycles. The molecule has 2 saturated heterocycles. The fraction of sp³-hybridized carbons (Fsp3) is 0.500. The Morgan fingerprint density at radius 3 is 2.73 bits per heavy atom. The molecular formula is C26H32N6O. The minimum Gasteiger partial charge on any atom is -0.356 e. The van der Waals surface area contributed by atoms with Gasteiger partial charge in [0.25, 0.3) is 5.91 Å². The lowest BCUT2D eigenvalue weighted by atomic mass is 10.0. The van der Waals surface area contributed by atoms with Crippen molar-refractivity contribution in [1.82, 2.24) is 20.1 Å². The Bertz CT molecular complexity index is 1180. The number of benzene rings is 1. The summed E-state index contributed by atoms with van der Waals surface area (Å²) < 4.78 is 2.20. The van der Waals surface area contributed by atoms with E-state index in [1.54, 1.807) is 0 Å². The van der Waals surface area contributed by atoms with Gasteiger partial charge >= 0.3 is 0 Å². The van der Waals surface area contributed by atoms with E-state index in [9.17, 15) is 4.79 Å². The minimum atomic E-state index is -0.143. The molecule has 7 nitrogen and oxygen atoms in total. The van der Waals surface area contributed by atoms with Crippen molar-refractivity contribution in [3.05, 3.63) is 47.8 Å². The van der Waals surface area contributed by atoms with Crippen LogP contribution in [-0.2, 0) is 0 Å². The topological polar surface area (TPSA) is 75.1 Å².